The minimum Gasteiger partial charge on any atom is -0.455 e. The number of para-hydroxylation sites is 1. The van der Waals surface area contributed by atoms with Gasteiger partial charge in [0.1, 0.15) is 16.9 Å². The van der Waals surface area contributed by atoms with Crippen LogP contribution in [0.1, 0.15) is 5.56 Å². The molecule has 0 amide bonds. The van der Waals surface area contributed by atoms with Crippen molar-refractivity contribution in [3.8, 4) is 62.7 Å². The van der Waals surface area contributed by atoms with Crippen molar-refractivity contribution in [2.45, 2.75) is 0 Å². The Morgan fingerprint density at radius 1 is 0.396 bits per heavy atom. The second kappa shape index (κ2) is 12.4. The summed E-state index contributed by atoms with van der Waals surface area (Å²) in [6, 6.07) is 57.0. The van der Waals surface area contributed by atoms with Crippen molar-refractivity contribution in [2.75, 3.05) is 0 Å². The number of hydrogen-bond donors (Lipinski definition) is 0. The zero-order chi connectivity index (χ0) is 35.3. The van der Waals surface area contributed by atoms with Gasteiger partial charge in [-0.3, -0.25) is 0 Å². The first-order valence-electron chi connectivity index (χ1n) is 17.4. The van der Waals surface area contributed by atoms with Crippen molar-refractivity contribution in [2.24, 2.45) is 0 Å². The van der Waals surface area contributed by atoms with Gasteiger partial charge in [0.25, 0.3) is 0 Å². The summed E-state index contributed by atoms with van der Waals surface area (Å²) in [5.41, 5.74) is 8.54. The molecular weight excluding hydrogens is 651 g/mol. The normalized spacial score (nSPS) is 11.4. The molecule has 0 aliphatic carbocycles. The number of nitrogens with zero attached hydrogens (tertiary/aromatic N) is 5. The number of rotatable bonds is 5. The van der Waals surface area contributed by atoms with E-state index in [-0.39, 0.29) is 0 Å². The van der Waals surface area contributed by atoms with Gasteiger partial charge in [-0.1, -0.05) is 121 Å². The largest absolute Gasteiger partial charge is 0.455 e. The summed E-state index contributed by atoms with van der Waals surface area (Å²) in [4.78, 5) is 19.8. The van der Waals surface area contributed by atoms with E-state index in [2.05, 4.69) is 48.5 Å². The zero-order valence-corrected chi connectivity index (χ0v) is 28.2. The molecule has 3 heterocycles. The quantitative estimate of drug-likeness (QED) is 0.168. The van der Waals surface area contributed by atoms with Crippen LogP contribution >= 0.6 is 0 Å². The van der Waals surface area contributed by atoms with Gasteiger partial charge in [0.05, 0.1) is 17.3 Å². The zero-order valence-electron chi connectivity index (χ0n) is 28.2. The predicted octanol–water partition coefficient (Wildman–Crippen LogP) is 11.7. The molecule has 0 aliphatic rings. The van der Waals surface area contributed by atoms with E-state index in [0.717, 1.165) is 77.0 Å². The summed E-state index contributed by atoms with van der Waals surface area (Å²) < 4.78 is 6.66. The SMILES string of the molecule is N#Cc1cccc(-c2ccc3c4ccc(-c5cccc(-c6nc(-c7ccccc7)nc(-c7ccccc7)n6)n5)cc4c4oc5ccccc5c4c3c2)c1. The number of hydrogen-bond acceptors (Lipinski definition) is 6. The van der Waals surface area contributed by atoms with E-state index in [4.69, 9.17) is 24.4 Å². The smallest absolute Gasteiger partial charge is 0.182 e. The standard InChI is InChI=1S/C47H27N5O/c48-28-29-11-9-16-32(25-29)33-21-23-35-36-24-22-34(27-39(36)44-43(38(35)26-33)37-17-7-8-20-42(37)53-44)40-18-10-19-41(49-40)47-51-45(30-12-3-1-4-13-30)50-46(52-47)31-14-5-2-6-15-31/h1-27H. The molecule has 6 heteroatoms. The van der Waals surface area contributed by atoms with Crippen LogP contribution in [0.4, 0.5) is 0 Å². The molecular formula is C47H27N5O. The van der Waals surface area contributed by atoms with E-state index < -0.39 is 0 Å². The molecule has 0 unspecified atom stereocenters. The van der Waals surface area contributed by atoms with E-state index in [9.17, 15) is 5.26 Å². The lowest BCUT2D eigenvalue weighted by molar-refractivity contribution is 0.673. The monoisotopic (exact) mass is 677 g/mol. The van der Waals surface area contributed by atoms with E-state index in [1.165, 1.54) is 0 Å². The van der Waals surface area contributed by atoms with Crippen molar-refractivity contribution in [3.63, 3.8) is 0 Å². The van der Waals surface area contributed by atoms with Crippen molar-refractivity contribution in [1.29, 1.82) is 5.26 Å². The highest BCUT2D eigenvalue weighted by atomic mass is 16.3. The molecule has 0 bridgehead atoms. The second-order valence-corrected chi connectivity index (χ2v) is 13.0. The Kier molecular flexibility index (Phi) is 7.09. The molecule has 0 atom stereocenters. The number of benzene rings is 7. The molecule has 0 saturated heterocycles. The molecule has 0 fully saturated rings. The number of aromatic nitrogens is 4. The molecule has 0 aliphatic heterocycles. The Hall–Kier alpha value is -7.49. The van der Waals surface area contributed by atoms with Crippen LogP contribution in [0.5, 0.6) is 0 Å². The third kappa shape index (κ3) is 5.27. The average molecular weight is 678 g/mol. The Labute approximate surface area is 304 Å². The molecule has 0 saturated carbocycles. The van der Waals surface area contributed by atoms with Crippen LogP contribution in [0.3, 0.4) is 0 Å². The van der Waals surface area contributed by atoms with Crippen molar-refractivity contribution in [1.82, 2.24) is 19.9 Å². The fraction of sp³-hybridized carbons (Fsp3) is 0. The summed E-state index contributed by atoms with van der Waals surface area (Å²) in [5, 5.41) is 16.0. The summed E-state index contributed by atoms with van der Waals surface area (Å²) in [6.45, 7) is 0. The summed E-state index contributed by atoms with van der Waals surface area (Å²) in [6.07, 6.45) is 0. The Bertz CT molecular complexity index is 3020. The maximum atomic E-state index is 9.54. The van der Waals surface area contributed by atoms with Crippen LogP contribution < -0.4 is 0 Å². The fourth-order valence-electron chi connectivity index (χ4n) is 7.21. The van der Waals surface area contributed by atoms with Crippen molar-refractivity contribution < 1.29 is 4.42 Å². The van der Waals surface area contributed by atoms with Gasteiger partial charge in [0.15, 0.2) is 17.5 Å². The summed E-state index contributed by atoms with van der Waals surface area (Å²) in [5.74, 6) is 1.68. The van der Waals surface area contributed by atoms with Crippen LogP contribution in [0.25, 0.3) is 100 Å². The van der Waals surface area contributed by atoms with Gasteiger partial charge >= 0.3 is 0 Å². The van der Waals surface area contributed by atoms with E-state index in [0.29, 0.717) is 28.7 Å². The van der Waals surface area contributed by atoms with Gasteiger partial charge in [-0.05, 0) is 69.8 Å². The lowest BCUT2D eigenvalue weighted by atomic mass is 9.92. The Balaban J connectivity index is 1.15. The van der Waals surface area contributed by atoms with Crippen molar-refractivity contribution >= 4 is 43.5 Å². The fourth-order valence-corrected chi connectivity index (χ4v) is 7.21. The Morgan fingerprint density at radius 2 is 0.981 bits per heavy atom. The second-order valence-electron chi connectivity index (χ2n) is 13.0. The summed E-state index contributed by atoms with van der Waals surface area (Å²) >= 11 is 0. The maximum Gasteiger partial charge on any atom is 0.182 e. The maximum absolute atomic E-state index is 9.54. The van der Waals surface area contributed by atoms with E-state index >= 15 is 0 Å². The molecule has 3 aromatic heterocycles. The molecule has 10 aromatic rings. The molecule has 7 aromatic carbocycles. The van der Waals surface area contributed by atoms with Crippen LogP contribution in [0, 0.1) is 11.3 Å². The van der Waals surface area contributed by atoms with Gasteiger partial charge in [-0.25, -0.2) is 19.9 Å². The highest BCUT2D eigenvalue weighted by molar-refractivity contribution is 6.30. The number of pyridine rings is 1. The highest BCUT2D eigenvalue weighted by Gasteiger charge is 2.19. The van der Waals surface area contributed by atoms with Crippen LogP contribution in [-0.4, -0.2) is 19.9 Å². The molecule has 6 nitrogen and oxygen atoms in total. The lowest BCUT2D eigenvalue weighted by Gasteiger charge is -2.12. The minimum atomic E-state index is 0.502. The average Bonchev–Trinajstić information content (AvgIpc) is 3.64. The van der Waals surface area contributed by atoms with E-state index in [1.54, 1.807) is 0 Å². The van der Waals surface area contributed by atoms with Gasteiger partial charge in [0, 0.05) is 32.8 Å². The number of fused-ring (bicyclic) bond motifs is 8. The third-order valence-corrected chi connectivity index (χ3v) is 9.74. The molecule has 0 radical (unpaired) electrons. The van der Waals surface area contributed by atoms with Gasteiger partial charge in [-0.2, -0.15) is 5.26 Å². The predicted molar refractivity (Wildman–Crippen MR) is 212 cm³/mol. The molecule has 10 rings (SSSR count). The Morgan fingerprint density at radius 3 is 1.74 bits per heavy atom. The first kappa shape index (κ1) is 30.3. The first-order valence-corrected chi connectivity index (χ1v) is 17.4. The molecule has 0 N–H and O–H groups in total. The third-order valence-electron chi connectivity index (χ3n) is 9.74. The lowest BCUT2D eigenvalue weighted by Crippen LogP contribution is -2.01. The molecule has 0 spiro atoms. The van der Waals surface area contributed by atoms with E-state index in [1.807, 2.05) is 121 Å². The van der Waals surface area contributed by atoms with Crippen LogP contribution in [-0.2, 0) is 0 Å². The molecule has 53 heavy (non-hydrogen) atoms. The van der Waals surface area contributed by atoms with Gasteiger partial charge in [0.2, 0.25) is 0 Å². The highest BCUT2D eigenvalue weighted by Crippen LogP contribution is 2.43. The minimum absolute atomic E-state index is 0.502. The van der Waals surface area contributed by atoms with Crippen LogP contribution in [0.2, 0.25) is 0 Å². The van der Waals surface area contributed by atoms with Gasteiger partial charge < -0.3 is 4.42 Å². The summed E-state index contributed by atoms with van der Waals surface area (Å²) in [7, 11) is 0. The van der Waals surface area contributed by atoms with Crippen molar-refractivity contribution in [3.05, 3.63) is 169 Å². The van der Waals surface area contributed by atoms with Crippen LogP contribution in [0.15, 0.2) is 168 Å². The number of nitriles is 1. The molecule has 246 valence electrons. The van der Waals surface area contributed by atoms with Gasteiger partial charge in [-0.15, -0.1) is 0 Å². The topological polar surface area (TPSA) is 88.5 Å². The number of furan rings is 1. The first-order chi connectivity index (χ1) is 26.2.